The van der Waals surface area contributed by atoms with Crippen molar-refractivity contribution in [2.45, 2.75) is 43.8 Å². The van der Waals surface area contributed by atoms with Gasteiger partial charge in [0.05, 0.1) is 53.5 Å². The number of benzene rings is 1. The van der Waals surface area contributed by atoms with E-state index in [9.17, 15) is 10.5 Å². The highest BCUT2D eigenvalue weighted by Gasteiger charge is 2.30. The average Bonchev–Trinajstić information content (AvgIpc) is 3.57. The summed E-state index contributed by atoms with van der Waals surface area (Å²) in [6.45, 7) is 3.65. The summed E-state index contributed by atoms with van der Waals surface area (Å²) in [5.74, 6) is 0.796. The third-order valence-electron chi connectivity index (χ3n) is 6.87. The summed E-state index contributed by atoms with van der Waals surface area (Å²) in [5.41, 5.74) is 2.46. The van der Waals surface area contributed by atoms with Crippen molar-refractivity contribution >= 4 is 52.8 Å². The minimum atomic E-state index is 0. The average molecular weight is 541 g/mol. The Labute approximate surface area is 225 Å². The van der Waals surface area contributed by atoms with E-state index in [1.54, 1.807) is 12.1 Å². The van der Waals surface area contributed by atoms with E-state index >= 15 is 0 Å². The summed E-state index contributed by atoms with van der Waals surface area (Å²) in [5, 5.41) is 34.1. The first-order chi connectivity index (χ1) is 17.6. The Kier molecular flexibility index (Phi) is 7.22. The Balaban J connectivity index is 0.00000280. The molecule has 13 heteroatoms. The van der Waals surface area contributed by atoms with E-state index in [-0.39, 0.29) is 24.4 Å². The number of imidazole rings is 1. The monoisotopic (exact) mass is 540 g/mol. The molecule has 2 aliphatic heterocycles. The summed E-state index contributed by atoms with van der Waals surface area (Å²) in [6.07, 6.45) is 5.56. The van der Waals surface area contributed by atoms with Crippen LogP contribution in [-0.4, -0.2) is 68.9 Å². The molecule has 0 atom stereocenters. The van der Waals surface area contributed by atoms with E-state index in [1.165, 1.54) is 10.7 Å². The van der Waals surface area contributed by atoms with Gasteiger partial charge in [0.15, 0.2) is 17.2 Å². The predicted octanol–water partition coefficient (Wildman–Crippen LogP) is 3.54. The highest BCUT2D eigenvalue weighted by atomic mass is 35.5. The summed E-state index contributed by atoms with van der Waals surface area (Å²) in [7, 11) is 0. The molecule has 3 fully saturated rings. The topological polar surface area (TPSA) is 139 Å². The van der Waals surface area contributed by atoms with Crippen molar-refractivity contribution in [1.29, 1.82) is 10.5 Å². The molecular weight excluding hydrogens is 515 g/mol. The van der Waals surface area contributed by atoms with Crippen molar-refractivity contribution in [2.24, 2.45) is 0 Å². The largest absolute Gasteiger partial charge is 0.381 e. The van der Waals surface area contributed by atoms with E-state index < -0.39 is 0 Å². The molecule has 4 heterocycles. The fourth-order valence-corrected chi connectivity index (χ4v) is 4.81. The molecule has 3 aliphatic rings. The Morgan fingerprint density at radius 2 is 1.73 bits per heavy atom. The second-order valence-electron chi connectivity index (χ2n) is 9.46. The smallest absolute Gasteiger partial charge is 0.247 e. The number of aromatic nitrogens is 4. The Bertz CT molecular complexity index is 1380. The van der Waals surface area contributed by atoms with Crippen molar-refractivity contribution < 1.29 is 4.74 Å². The third kappa shape index (κ3) is 5.22. The molecule has 192 valence electrons. The number of likely N-dealkylation sites (tertiary alicyclic amines) is 1. The zero-order valence-corrected chi connectivity index (χ0v) is 21.5. The lowest BCUT2D eigenvalue weighted by atomic mass is 10.0. The van der Waals surface area contributed by atoms with Gasteiger partial charge in [0.25, 0.3) is 0 Å². The molecule has 3 N–H and O–H groups in total. The number of fused-ring (bicyclic) bond motifs is 1. The van der Waals surface area contributed by atoms with Gasteiger partial charge in [-0.3, -0.25) is 4.90 Å². The zero-order valence-electron chi connectivity index (χ0n) is 19.9. The van der Waals surface area contributed by atoms with E-state index in [4.69, 9.17) is 16.3 Å². The molecule has 1 aliphatic carbocycles. The number of nitriles is 2. The molecule has 0 bridgehead atoms. The van der Waals surface area contributed by atoms with Gasteiger partial charge in [-0.1, -0.05) is 11.6 Å². The van der Waals surface area contributed by atoms with Crippen LogP contribution < -0.4 is 16.0 Å². The van der Waals surface area contributed by atoms with Crippen LogP contribution in [-0.2, 0) is 4.74 Å². The molecule has 0 radical (unpaired) electrons. The SMILES string of the molecule is Cl.N#Cc1cc(Nc2nc(NC3CC3)c3ncc(C#N)n3n2)c(Cl)c(NC2CCN(C3COC3)CC2)c1. The number of piperidine rings is 1. The number of rotatable bonds is 7. The van der Waals surface area contributed by atoms with Gasteiger partial charge in [-0.15, -0.1) is 17.5 Å². The fourth-order valence-electron chi connectivity index (χ4n) is 4.60. The number of nitrogens with zero attached hydrogens (tertiary/aromatic N) is 7. The lowest BCUT2D eigenvalue weighted by molar-refractivity contribution is -0.0705. The van der Waals surface area contributed by atoms with Crippen molar-refractivity contribution in [3.8, 4) is 12.1 Å². The highest BCUT2D eigenvalue weighted by molar-refractivity contribution is 6.36. The second kappa shape index (κ2) is 10.6. The first kappa shape index (κ1) is 25.3. The minimum absolute atomic E-state index is 0. The third-order valence-corrected chi connectivity index (χ3v) is 7.28. The Morgan fingerprint density at radius 1 is 1.00 bits per heavy atom. The summed E-state index contributed by atoms with van der Waals surface area (Å²) in [6, 6.07) is 8.90. The van der Waals surface area contributed by atoms with E-state index in [0.29, 0.717) is 51.2 Å². The number of nitrogens with one attached hydrogen (secondary N) is 3. The van der Waals surface area contributed by atoms with Crippen LogP contribution in [0.2, 0.25) is 5.02 Å². The molecule has 0 spiro atoms. The normalized spacial score (nSPS) is 18.4. The second-order valence-corrected chi connectivity index (χ2v) is 9.84. The lowest BCUT2D eigenvalue weighted by Crippen LogP contribution is -2.53. The standard InChI is InChI=1S/C24H25ClN10O.ClH/c25-21-19(29-16-3-5-34(6-4-16)18-12-36-13-18)7-14(9-26)8-20(21)31-24-32-22(30-15-1-2-15)23-28-11-17(10-27)35(23)33-24;/h7-8,11,15-16,18,29H,1-6,12-13H2,(H2,30,31,32,33);1H. The molecule has 1 saturated carbocycles. The quantitative estimate of drug-likeness (QED) is 0.407. The number of hydrogen-bond donors (Lipinski definition) is 3. The molecule has 2 saturated heterocycles. The van der Waals surface area contributed by atoms with E-state index in [2.05, 4.69) is 48.1 Å². The van der Waals surface area contributed by atoms with Crippen molar-refractivity contribution in [1.82, 2.24) is 24.5 Å². The number of halogens is 2. The molecule has 6 rings (SSSR count). The lowest BCUT2D eigenvalue weighted by Gasteiger charge is -2.41. The van der Waals surface area contributed by atoms with Crippen LogP contribution in [0.3, 0.4) is 0 Å². The number of hydrogen-bond acceptors (Lipinski definition) is 10. The Morgan fingerprint density at radius 3 is 2.38 bits per heavy atom. The summed E-state index contributed by atoms with van der Waals surface area (Å²) in [4.78, 5) is 11.4. The summed E-state index contributed by atoms with van der Waals surface area (Å²) >= 11 is 6.80. The van der Waals surface area contributed by atoms with Crippen molar-refractivity contribution in [3.63, 3.8) is 0 Å². The van der Waals surface area contributed by atoms with Crippen LogP contribution in [0.1, 0.15) is 36.9 Å². The van der Waals surface area contributed by atoms with Crippen LogP contribution in [0, 0.1) is 22.7 Å². The molecule has 3 aromatic rings. The van der Waals surface area contributed by atoms with Crippen molar-refractivity contribution in [2.75, 3.05) is 42.3 Å². The van der Waals surface area contributed by atoms with Crippen LogP contribution in [0.4, 0.5) is 23.1 Å². The van der Waals surface area contributed by atoms with Gasteiger partial charge in [-0.2, -0.15) is 20.0 Å². The molecule has 11 nitrogen and oxygen atoms in total. The fraction of sp³-hybridized carbons (Fsp3) is 0.458. The maximum Gasteiger partial charge on any atom is 0.247 e. The molecule has 37 heavy (non-hydrogen) atoms. The Hall–Kier alpha value is -3.35. The molecule has 2 aromatic heterocycles. The van der Waals surface area contributed by atoms with Crippen molar-refractivity contribution in [3.05, 3.63) is 34.6 Å². The minimum Gasteiger partial charge on any atom is -0.381 e. The van der Waals surface area contributed by atoms with E-state index in [0.717, 1.165) is 52.0 Å². The van der Waals surface area contributed by atoms with Crippen LogP contribution in [0.5, 0.6) is 0 Å². The van der Waals surface area contributed by atoms with Gasteiger partial charge in [0, 0.05) is 25.2 Å². The van der Waals surface area contributed by atoms with E-state index in [1.807, 2.05) is 0 Å². The van der Waals surface area contributed by atoms with Gasteiger partial charge in [-0.25, -0.2) is 4.98 Å². The predicted molar refractivity (Wildman–Crippen MR) is 142 cm³/mol. The molecule has 0 unspecified atom stereocenters. The maximum atomic E-state index is 9.65. The maximum absolute atomic E-state index is 9.65. The molecular formula is C24H26Cl2N10O. The van der Waals surface area contributed by atoms with Gasteiger partial charge in [-0.05, 0) is 37.8 Å². The van der Waals surface area contributed by atoms with Crippen LogP contribution in [0.15, 0.2) is 18.3 Å². The van der Waals surface area contributed by atoms with Gasteiger partial charge >= 0.3 is 0 Å². The number of ether oxygens (including phenoxy) is 1. The first-order valence-corrected chi connectivity index (χ1v) is 12.5. The van der Waals surface area contributed by atoms with Gasteiger partial charge in [0.1, 0.15) is 6.07 Å². The van der Waals surface area contributed by atoms with Crippen LogP contribution in [0.25, 0.3) is 5.65 Å². The molecule has 0 amide bonds. The number of anilines is 4. The van der Waals surface area contributed by atoms with Gasteiger partial charge < -0.3 is 20.7 Å². The molecule has 1 aromatic carbocycles. The zero-order chi connectivity index (χ0) is 24.6. The first-order valence-electron chi connectivity index (χ1n) is 12.1. The highest BCUT2D eigenvalue weighted by Crippen LogP contribution is 2.35. The van der Waals surface area contributed by atoms with Crippen LogP contribution >= 0.6 is 24.0 Å². The summed E-state index contributed by atoms with van der Waals surface area (Å²) < 4.78 is 6.79. The van der Waals surface area contributed by atoms with Gasteiger partial charge in [0.2, 0.25) is 5.95 Å².